The van der Waals surface area contributed by atoms with E-state index in [2.05, 4.69) is 15.9 Å². The lowest BCUT2D eigenvalue weighted by molar-refractivity contribution is -0.118. The Morgan fingerprint density at radius 1 is 1.05 bits per heavy atom. The fourth-order valence-electron chi connectivity index (χ4n) is 2.11. The molecule has 0 aliphatic carbocycles. The van der Waals surface area contributed by atoms with Gasteiger partial charge in [-0.15, -0.1) is 0 Å². The van der Waals surface area contributed by atoms with Crippen LogP contribution in [0.1, 0.15) is 22.3 Å². The van der Waals surface area contributed by atoms with Crippen LogP contribution in [0.2, 0.25) is 0 Å². The zero-order chi connectivity index (χ0) is 15.9. The zero-order valence-electron chi connectivity index (χ0n) is 12.0. The number of hydrogen-bond donors (Lipinski definition) is 1. The molecule has 0 aromatic heterocycles. The molecule has 2 amide bonds. The molecule has 0 saturated heterocycles. The highest BCUT2D eigenvalue weighted by Gasteiger charge is 2.17. The summed E-state index contributed by atoms with van der Waals surface area (Å²) in [5, 5.41) is 0. The average Bonchev–Trinajstić information content (AvgIpc) is 2.51. The largest absolute Gasteiger partial charge is 0.370 e. The number of nitrogens with two attached hydrogens (primary N) is 1. The monoisotopic (exact) mass is 360 g/mol. The Hall–Kier alpha value is -2.14. The van der Waals surface area contributed by atoms with E-state index in [1.807, 2.05) is 42.5 Å². The van der Waals surface area contributed by atoms with Gasteiger partial charge in [-0.1, -0.05) is 52.3 Å². The van der Waals surface area contributed by atoms with E-state index < -0.39 is 5.91 Å². The number of carbonyl (C=O) groups is 2. The van der Waals surface area contributed by atoms with E-state index >= 15 is 0 Å². The number of rotatable bonds is 6. The van der Waals surface area contributed by atoms with Crippen LogP contribution in [-0.2, 0) is 11.3 Å². The molecule has 22 heavy (non-hydrogen) atoms. The molecule has 2 rings (SSSR count). The molecule has 114 valence electrons. The molecule has 0 heterocycles. The highest BCUT2D eigenvalue weighted by Crippen LogP contribution is 2.15. The second kappa shape index (κ2) is 7.75. The van der Waals surface area contributed by atoms with Crippen LogP contribution in [0.3, 0.4) is 0 Å². The minimum absolute atomic E-state index is 0.119. The molecule has 0 aliphatic rings. The molecule has 0 radical (unpaired) electrons. The van der Waals surface area contributed by atoms with Crippen LogP contribution >= 0.6 is 15.9 Å². The van der Waals surface area contributed by atoms with E-state index in [4.69, 9.17) is 5.73 Å². The van der Waals surface area contributed by atoms with Crippen molar-refractivity contribution in [2.45, 2.75) is 13.0 Å². The van der Waals surface area contributed by atoms with Gasteiger partial charge in [-0.3, -0.25) is 9.59 Å². The SMILES string of the molecule is NC(=O)CCN(Cc1ccccc1)C(=O)c1cccc(Br)c1. The first kappa shape index (κ1) is 16.2. The predicted molar refractivity (Wildman–Crippen MR) is 89.1 cm³/mol. The van der Waals surface area contributed by atoms with Crippen LogP contribution in [0.15, 0.2) is 59.1 Å². The van der Waals surface area contributed by atoms with Crippen molar-refractivity contribution >= 4 is 27.7 Å². The molecule has 0 atom stereocenters. The summed E-state index contributed by atoms with van der Waals surface area (Å²) in [7, 11) is 0. The molecular weight excluding hydrogens is 344 g/mol. The van der Waals surface area contributed by atoms with Crippen molar-refractivity contribution in [3.05, 3.63) is 70.2 Å². The Bertz CT molecular complexity index is 659. The second-order valence-electron chi connectivity index (χ2n) is 4.94. The topological polar surface area (TPSA) is 63.4 Å². The quantitative estimate of drug-likeness (QED) is 0.860. The number of nitrogens with zero attached hydrogens (tertiary/aromatic N) is 1. The van der Waals surface area contributed by atoms with Crippen LogP contribution in [0, 0.1) is 0 Å². The third kappa shape index (κ3) is 4.70. The molecule has 0 fully saturated rings. The van der Waals surface area contributed by atoms with Gasteiger partial charge in [0.15, 0.2) is 0 Å². The smallest absolute Gasteiger partial charge is 0.254 e. The van der Waals surface area contributed by atoms with Gasteiger partial charge >= 0.3 is 0 Å². The number of hydrogen-bond acceptors (Lipinski definition) is 2. The Kier molecular flexibility index (Phi) is 5.72. The summed E-state index contributed by atoms with van der Waals surface area (Å²) in [5.41, 5.74) is 6.80. The van der Waals surface area contributed by atoms with E-state index in [9.17, 15) is 9.59 Å². The lowest BCUT2D eigenvalue weighted by Crippen LogP contribution is -2.33. The van der Waals surface area contributed by atoms with Crippen molar-refractivity contribution in [3.63, 3.8) is 0 Å². The van der Waals surface area contributed by atoms with Crippen LogP contribution < -0.4 is 5.73 Å². The van der Waals surface area contributed by atoms with Gasteiger partial charge in [-0.25, -0.2) is 0 Å². The van der Waals surface area contributed by atoms with Gasteiger partial charge in [-0.2, -0.15) is 0 Å². The van der Waals surface area contributed by atoms with Crippen LogP contribution in [-0.4, -0.2) is 23.3 Å². The molecule has 2 N–H and O–H groups in total. The highest BCUT2D eigenvalue weighted by molar-refractivity contribution is 9.10. The van der Waals surface area contributed by atoms with Crippen molar-refractivity contribution in [1.29, 1.82) is 0 Å². The van der Waals surface area contributed by atoms with Crippen molar-refractivity contribution < 1.29 is 9.59 Å². The molecule has 0 spiro atoms. The normalized spacial score (nSPS) is 10.2. The minimum Gasteiger partial charge on any atom is -0.370 e. The molecule has 0 aliphatic heterocycles. The van der Waals surface area contributed by atoms with Gasteiger partial charge in [0.1, 0.15) is 0 Å². The molecule has 0 bridgehead atoms. The molecule has 0 saturated carbocycles. The first-order valence-corrected chi connectivity index (χ1v) is 7.72. The molecule has 5 heteroatoms. The Morgan fingerprint density at radius 3 is 2.41 bits per heavy atom. The Morgan fingerprint density at radius 2 is 1.77 bits per heavy atom. The fourth-order valence-corrected chi connectivity index (χ4v) is 2.50. The van der Waals surface area contributed by atoms with E-state index in [0.717, 1.165) is 10.0 Å². The summed E-state index contributed by atoms with van der Waals surface area (Å²) in [6.07, 6.45) is 0.145. The number of carbonyl (C=O) groups excluding carboxylic acids is 2. The minimum atomic E-state index is -0.417. The number of benzene rings is 2. The summed E-state index contributed by atoms with van der Waals surface area (Å²) in [6, 6.07) is 16.9. The predicted octanol–water partition coefficient (Wildman–Crippen LogP) is 2.97. The van der Waals surface area contributed by atoms with Gasteiger partial charge in [0, 0.05) is 29.5 Å². The van der Waals surface area contributed by atoms with Gasteiger partial charge in [0.05, 0.1) is 0 Å². The fraction of sp³-hybridized carbons (Fsp3) is 0.176. The van der Waals surface area contributed by atoms with Crippen molar-refractivity contribution in [1.82, 2.24) is 4.90 Å². The average molecular weight is 361 g/mol. The first-order chi connectivity index (χ1) is 10.6. The third-order valence-corrected chi connectivity index (χ3v) is 3.70. The number of halogens is 1. The number of amides is 2. The summed E-state index contributed by atoms with van der Waals surface area (Å²) < 4.78 is 0.841. The Balaban J connectivity index is 2.19. The maximum absolute atomic E-state index is 12.7. The van der Waals surface area contributed by atoms with Crippen LogP contribution in [0.25, 0.3) is 0 Å². The van der Waals surface area contributed by atoms with E-state index in [-0.39, 0.29) is 12.3 Å². The van der Waals surface area contributed by atoms with Crippen molar-refractivity contribution in [2.24, 2.45) is 5.73 Å². The summed E-state index contributed by atoms with van der Waals surface area (Å²) in [6.45, 7) is 0.745. The number of primary amides is 1. The summed E-state index contributed by atoms with van der Waals surface area (Å²) >= 11 is 3.36. The van der Waals surface area contributed by atoms with Gasteiger partial charge in [0.2, 0.25) is 5.91 Å². The van der Waals surface area contributed by atoms with Gasteiger partial charge < -0.3 is 10.6 Å². The maximum Gasteiger partial charge on any atom is 0.254 e. The lowest BCUT2D eigenvalue weighted by Gasteiger charge is -2.22. The van der Waals surface area contributed by atoms with Crippen molar-refractivity contribution in [3.8, 4) is 0 Å². The second-order valence-corrected chi connectivity index (χ2v) is 5.85. The Labute approximate surface area is 138 Å². The molecule has 2 aromatic carbocycles. The van der Waals surface area contributed by atoms with Crippen LogP contribution in [0.5, 0.6) is 0 Å². The summed E-state index contributed by atoms with van der Waals surface area (Å²) in [4.78, 5) is 25.4. The van der Waals surface area contributed by atoms with Gasteiger partial charge in [0.25, 0.3) is 5.91 Å². The van der Waals surface area contributed by atoms with Crippen molar-refractivity contribution in [2.75, 3.05) is 6.54 Å². The lowest BCUT2D eigenvalue weighted by atomic mass is 10.1. The third-order valence-electron chi connectivity index (χ3n) is 3.20. The maximum atomic E-state index is 12.7. The standard InChI is InChI=1S/C17H17BrN2O2/c18-15-8-4-7-14(11-15)17(22)20(10-9-16(19)21)12-13-5-2-1-3-6-13/h1-8,11H,9-10,12H2,(H2,19,21). The first-order valence-electron chi connectivity index (χ1n) is 6.93. The van der Waals surface area contributed by atoms with E-state index in [1.54, 1.807) is 17.0 Å². The highest BCUT2D eigenvalue weighted by atomic mass is 79.9. The van der Waals surface area contributed by atoms with E-state index in [1.165, 1.54) is 0 Å². The van der Waals surface area contributed by atoms with Gasteiger partial charge in [-0.05, 0) is 23.8 Å². The van der Waals surface area contributed by atoms with E-state index in [0.29, 0.717) is 18.7 Å². The zero-order valence-corrected chi connectivity index (χ0v) is 13.6. The molecule has 4 nitrogen and oxygen atoms in total. The molecular formula is C17H17BrN2O2. The van der Waals surface area contributed by atoms with Crippen LogP contribution in [0.4, 0.5) is 0 Å². The summed E-state index contributed by atoms with van der Waals surface area (Å²) in [5.74, 6) is -0.536. The molecule has 0 unspecified atom stereocenters. The molecule has 2 aromatic rings.